The summed E-state index contributed by atoms with van der Waals surface area (Å²) >= 11 is 1.99. The molecule has 1 unspecified atom stereocenters. The molecule has 19 heavy (non-hydrogen) atoms. The molecule has 1 atom stereocenters. The Hall–Kier alpha value is -0.510. The van der Waals surface area contributed by atoms with Crippen LogP contribution in [0.3, 0.4) is 0 Å². The number of aliphatic hydroxyl groups excluding tert-OH is 1. The highest BCUT2D eigenvalue weighted by Gasteiger charge is 2.29. The Bertz CT molecular complexity index is 331. The number of likely N-dealkylation sites (N-methyl/N-ethyl adjacent to an activating group) is 1. The first-order valence-electron chi connectivity index (χ1n) is 7.28. The fraction of sp³-hybridized carbons (Fsp3) is 0.625. The van der Waals surface area contributed by atoms with Crippen molar-refractivity contribution in [1.82, 2.24) is 5.32 Å². The topological polar surface area (TPSA) is 32.3 Å². The van der Waals surface area contributed by atoms with Crippen LogP contribution in [0.1, 0.15) is 38.7 Å². The van der Waals surface area contributed by atoms with Crippen molar-refractivity contribution in [3.05, 3.63) is 35.9 Å². The summed E-state index contributed by atoms with van der Waals surface area (Å²) in [5, 5.41) is 13.4. The first-order valence-corrected chi connectivity index (χ1v) is 8.43. The number of benzene rings is 1. The number of hydrogen-bond acceptors (Lipinski definition) is 3. The summed E-state index contributed by atoms with van der Waals surface area (Å²) < 4.78 is 0. The van der Waals surface area contributed by atoms with Gasteiger partial charge in [0.2, 0.25) is 0 Å². The van der Waals surface area contributed by atoms with Crippen LogP contribution in [0, 0.1) is 0 Å². The van der Waals surface area contributed by atoms with Crippen LogP contribution in [0.25, 0.3) is 0 Å². The van der Waals surface area contributed by atoms with Gasteiger partial charge in [-0.25, -0.2) is 0 Å². The van der Waals surface area contributed by atoms with E-state index in [2.05, 4.69) is 31.3 Å². The van der Waals surface area contributed by atoms with Crippen molar-refractivity contribution < 1.29 is 5.11 Å². The van der Waals surface area contributed by atoms with Gasteiger partial charge in [0, 0.05) is 0 Å². The van der Waals surface area contributed by atoms with Gasteiger partial charge < -0.3 is 10.4 Å². The molecule has 0 aliphatic carbocycles. The highest BCUT2D eigenvalue weighted by molar-refractivity contribution is 7.99. The van der Waals surface area contributed by atoms with Gasteiger partial charge in [-0.1, -0.05) is 50.6 Å². The van der Waals surface area contributed by atoms with E-state index in [4.69, 9.17) is 0 Å². The van der Waals surface area contributed by atoms with Gasteiger partial charge in [0.1, 0.15) is 0 Å². The van der Waals surface area contributed by atoms with E-state index in [9.17, 15) is 5.11 Å². The van der Waals surface area contributed by atoms with Crippen LogP contribution in [0.4, 0.5) is 0 Å². The molecule has 1 aromatic rings. The lowest BCUT2D eigenvalue weighted by Crippen LogP contribution is -2.46. The van der Waals surface area contributed by atoms with E-state index in [1.165, 1.54) is 24.2 Å². The lowest BCUT2D eigenvalue weighted by atomic mass is 9.88. The lowest BCUT2D eigenvalue weighted by molar-refractivity contribution is 0.158. The Morgan fingerprint density at radius 2 is 1.89 bits per heavy atom. The van der Waals surface area contributed by atoms with Crippen molar-refractivity contribution >= 4 is 11.8 Å². The molecular formula is C16H27NOS. The number of thioether (sulfide) groups is 1. The highest BCUT2D eigenvalue weighted by atomic mass is 32.2. The summed E-state index contributed by atoms with van der Waals surface area (Å²) in [5.41, 5.74) is 0.908. The van der Waals surface area contributed by atoms with E-state index < -0.39 is 0 Å². The molecule has 0 radical (unpaired) electrons. The summed E-state index contributed by atoms with van der Waals surface area (Å²) in [6.07, 6.45) is 3.50. The predicted octanol–water partition coefficient (Wildman–Crippen LogP) is 3.41. The molecule has 108 valence electrons. The predicted molar refractivity (Wildman–Crippen MR) is 85.7 cm³/mol. The summed E-state index contributed by atoms with van der Waals surface area (Å²) in [7, 11) is 0. The number of aliphatic hydroxyl groups is 1. The molecule has 0 fully saturated rings. The van der Waals surface area contributed by atoms with Crippen LogP contribution < -0.4 is 5.32 Å². The summed E-state index contributed by atoms with van der Waals surface area (Å²) in [6.45, 7) is 5.34. The molecular weight excluding hydrogens is 254 g/mol. The molecule has 0 aromatic heterocycles. The molecule has 0 spiro atoms. The second-order valence-electron chi connectivity index (χ2n) is 4.85. The maximum atomic E-state index is 9.89. The van der Waals surface area contributed by atoms with Crippen molar-refractivity contribution in [2.24, 2.45) is 0 Å². The standard InChI is InChI=1S/C16H27NOS/c1-3-5-12-19-13-11-16(14-18,17-4-2)15-9-7-6-8-10-15/h6-10,17-18H,3-5,11-14H2,1-2H3. The number of nitrogens with one attached hydrogen (secondary N) is 1. The van der Waals surface area contributed by atoms with Crippen molar-refractivity contribution in [2.45, 2.75) is 38.6 Å². The maximum absolute atomic E-state index is 9.89. The van der Waals surface area contributed by atoms with Gasteiger partial charge >= 0.3 is 0 Å². The van der Waals surface area contributed by atoms with Crippen molar-refractivity contribution in [3.63, 3.8) is 0 Å². The van der Waals surface area contributed by atoms with Crippen molar-refractivity contribution in [3.8, 4) is 0 Å². The van der Waals surface area contributed by atoms with Crippen LogP contribution in [0.5, 0.6) is 0 Å². The minimum absolute atomic E-state index is 0.152. The largest absolute Gasteiger partial charge is 0.394 e. The monoisotopic (exact) mass is 281 g/mol. The Kier molecular flexibility index (Phi) is 8.19. The van der Waals surface area contributed by atoms with Gasteiger partial charge in [-0.15, -0.1) is 0 Å². The normalized spacial score (nSPS) is 14.3. The average molecular weight is 281 g/mol. The zero-order valence-electron chi connectivity index (χ0n) is 12.2. The van der Waals surface area contributed by atoms with E-state index in [0.717, 1.165) is 18.7 Å². The molecule has 0 aliphatic heterocycles. The molecule has 3 heteroatoms. The minimum Gasteiger partial charge on any atom is -0.394 e. The Balaban J connectivity index is 2.65. The van der Waals surface area contributed by atoms with Gasteiger partial charge in [-0.05, 0) is 36.5 Å². The zero-order valence-corrected chi connectivity index (χ0v) is 13.0. The van der Waals surface area contributed by atoms with E-state index in [1.54, 1.807) is 0 Å². The van der Waals surface area contributed by atoms with Crippen LogP contribution >= 0.6 is 11.8 Å². The third kappa shape index (κ3) is 5.17. The van der Waals surface area contributed by atoms with Crippen LogP contribution in [0.15, 0.2) is 30.3 Å². The summed E-state index contributed by atoms with van der Waals surface area (Å²) in [5.74, 6) is 2.31. The molecule has 0 amide bonds. The maximum Gasteiger partial charge on any atom is 0.0676 e. The van der Waals surface area contributed by atoms with Gasteiger partial charge in [-0.2, -0.15) is 11.8 Å². The van der Waals surface area contributed by atoms with E-state index >= 15 is 0 Å². The third-order valence-electron chi connectivity index (χ3n) is 3.43. The quantitative estimate of drug-likeness (QED) is 0.645. The molecule has 0 bridgehead atoms. The van der Waals surface area contributed by atoms with Gasteiger partial charge in [-0.3, -0.25) is 0 Å². The van der Waals surface area contributed by atoms with Crippen molar-refractivity contribution in [1.29, 1.82) is 0 Å². The minimum atomic E-state index is -0.283. The van der Waals surface area contributed by atoms with E-state index in [0.29, 0.717) is 0 Å². The molecule has 0 heterocycles. The molecule has 2 nitrogen and oxygen atoms in total. The third-order valence-corrected chi connectivity index (χ3v) is 4.50. The highest BCUT2D eigenvalue weighted by Crippen LogP contribution is 2.26. The first-order chi connectivity index (χ1) is 9.29. The summed E-state index contributed by atoms with van der Waals surface area (Å²) in [4.78, 5) is 0. The molecule has 1 rings (SSSR count). The number of unbranched alkanes of at least 4 members (excludes halogenated alkanes) is 1. The molecule has 0 saturated heterocycles. The average Bonchev–Trinajstić information content (AvgIpc) is 2.47. The van der Waals surface area contributed by atoms with Gasteiger partial charge in [0.05, 0.1) is 12.1 Å². The Morgan fingerprint density at radius 1 is 1.16 bits per heavy atom. The smallest absolute Gasteiger partial charge is 0.0676 e. The number of rotatable bonds is 10. The summed E-state index contributed by atoms with van der Waals surface area (Å²) in [6, 6.07) is 10.3. The molecule has 0 aliphatic rings. The Morgan fingerprint density at radius 3 is 2.47 bits per heavy atom. The van der Waals surface area contributed by atoms with Crippen molar-refractivity contribution in [2.75, 3.05) is 24.7 Å². The fourth-order valence-electron chi connectivity index (χ4n) is 2.25. The molecule has 1 aromatic carbocycles. The van der Waals surface area contributed by atoms with Crippen LogP contribution in [-0.4, -0.2) is 29.8 Å². The second-order valence-corrected chi connectivity index (χ2v) is 6.08. The van der Waals surface area contributed by atoms with Crippen LogP contribution in [-0.2, 0) is 5.54 Å². The fourth-order valence-corrected chi connectivity index (χ4v) is 3.44. The zero-order chi connectivity index (χ0) is 14.0. The molecule has 0 saturated carbocycles. The van der Waals surface area contributed by atoms with Crippen LogP contribution in [0.2, 0.25) is 0 Å². The first kappa shape index (κ1) is 16.5. The Labute approximate surface area is 122 Å². The van der Waals surface area contributed by atoms with Gasteiger partial charge in [0.15, 0.2) is 0 Å². The second kappa shape index (κ2) is 9.40. The molecule has 2 N–H and O–H groups in total. The van der Waals surface area contributed by atoms with E-state index in [-0.39, 0.29) is 12.1 Å². The lowest BCUT2D eigenvalue weighted by Gasteiger charge is -2.33. The SMILES string of the molecule is CCCCSCCC(CO)(NCC)c1ccccc1. The van der Waals surface area contributed by atoms with E-state index in [1.807, 2.05) is 30.0 Å². The number of hydrogen-bond donors (Lipinski definition) is 2. The van der Waals surface area contributed by atoms with Gasteiger partial charge in [0.25, 0.3) is 0 Å².